The fourth-order valence-electron chi connectivity index (χ4n) is 1.10. The van der Waals surface area contributed by atoms with Gasteiger partial charge in [0.25, 0.3) is 0 Å². The summed E-state index contributed by atoms with van der Waals surface area (Å²) in [7, 11) is -4.72. The molecule has 0 amide bonds. The van der Waals surface area contributed by atoms with Gasteiger partial charge in [0.05, 0.1) is 0 Å². The summed E-state index contributed by atoms with van der Waals surface area (Å²) in [6.45, 7) is 5.24. The van der Waals surface area contributed by atoms with Gasteiger partial charge in [-0.25, -0.2) is 9.36 Å². The number of allylic oxidation sites excluding steroid dienone is 1. The van der Waals surface area contributed by atoms with Crippen molar-refractivity contribution in [2.75, 3.05) is 0 Å². The molecule has 82 valence electrons. The highest BCUT2D eigenvalue weighted by Crippen LogP contribution is 2.37. The van der Waals surface area contributed by atoms with Gasteiger partial charge < -0.3 is 4.52 Å². The molecule has 0 aromatic rings. The fourth-order valence-corrected chi connectivity index (χ4v) is 1.45. The van der Waals surface area contributed by atoms with Crippen LogP contribution in [-0.4, -0.2) is 15.8 Å². The van der Waals surface area contributed by atoms with E-state index in [4.69, 9.17) is 9.79 Å². The minimum absolute atomic E-state index is 0.276. The Balaban J connectivity index is 4.70. The summed E-state index contributed by atoms with van der Waals surface area (Å²) >= 11 is 0. The topological polar surface area (TPSA) is 83.8 Å². The first-order valence-corrected chi connectivity index (χ1v) is 5.83. The van der Waals surface area contributed by atoms with E-state index in [0.717, 1.165) is 5.57 Å². The van der Waals surface area contributed by atoms with E-state index < -0.39 is 13.8 Å². The molecule has 2 N–H and O–H groups in total. The van der Waals surface area contributed by atoms with Crippen LogP contribution < -0.4 is 0 Å². The summed E-state index contributed by atoms with van der Waals surface area (Å²) < 4.78 is 14.3. The lowest BCUT2D eigenvalue weighted by molar-refractivity contribution is -0.131. The van der Waals surface area contributed by atoms with Crippen LogP contribution in [0.4, 0.5) is 0 Å². The standard InChI is InChI=1S/C8H15O5P/c1-4-7(5-2)6(3)8(9)13-14(10,11)12/h4-5H2,1-3H3,(H2,10,11,12). The van der Waals surface area contributed by atoms with Crippen molar-refractivity contribution < 1.29 is 23.7 Å². The predicted octanol–water partition coefficient (Wildman–Crippen LogP) is 1.76. The molecule has 0 unspecified atom stereocenters. The Kier molecular flexibility index (Phi) is 5.05. The second-order valence-electron chi connectivity index (χ2n) is 2.80. The van der Waals surface area contributed by atoms with Crippen LogP contribution >= 0.6 is 7.82 Å². The molecule has 0 radical (unpaired) electrons. The van der Waals surface area contributed by atoms with Crippen molar-refractivity contribution in [3.8, 4) is 0 Å². The zero-order valence-electron chi connectivity index (χ0n) is 8.48. The fraction of sp³-hybridized carbons (Fsp3) is 0.625. The number of phosphoric ester groups is 1. The van der Waals surface area contributed by atoms with E-state index in [1.165, 1.54) is 6.92 Å². The molecule has 0 saturated heterocycles. The van der Waals surface area contributed by atoms with Crippen molar-refractivity contribution in [3.63, 3.8) is 0 Å². The molecule has 0 spiro atoms. The van der Waals surface area contributed by atoms with Gasteiger partial charge in [0.1, 0.15) is 0 Å². The van der Waals surface area contributed by atoms with Gasteiger partial charge in [-0.1, -0.05) is 19.4 Å². The average Bonchev–Trinajstić information content (AvgIpc) is 2.03. The highest BCUT2D eigenvalue weighted by molar-refractivity contribution is 7.46. The van der Waals surface area contributed by atoms with Crippen LogP contribution in [0, 0.1) is 0 Å². The average molecular weight is 222 g/mol. The largest absolute Gasteiger partial charge is 0.527 e. The minimum atomic E-state index is -4.72. The van der Waals surface area contributed by atoms with Gasteiger partial charge in [-0.3, -0.25) is 9.79 Å². The Labute approximate surface area is 83.0 Å². The van der Waals surface area contributed by atoms with Gasteiger partial charge in [0.2, 0.25) is 0 Å². The molecule has 14 heavy (non-hydrogen) atoms. The van der Waals surface area contributed by atoms with Crippen LogP contribution in [0.3, 0.4) is 0 Å². The highest BCUT2D eigenvalue weighted by Gasteiger charge is 2.22. The summed E-state index contributed by atoms with van der Waals surface area (Å²) in [6.07, 6.45) is 1.33. The molecule has 0 rings (SSSR count). The molecule has 6 heteroatoms. The van der Waals surface area contributed by atoms with Crippen LogP contribution in [0.25, 0.3) is 0 Å². The zero-order chi connectivity index (χ0) is 11.4. The summed E-state index contributed by atoms with van der Waals surface area (Å²) in [5.74, 6) is -0.947. The number of carbonyl (C=O) groups is 1. The first-order valence-electron chi connectivity index (χ1n) is 4.29. The van der Waals surface area contributed by atoms with Crippen molar-refractivity contribution in [3.05, 3.63) is 11.1 Å². The Bertz CT molecular complexity index is 282. The van der Waals surface area contributed by atoms with Crippen molar-refractivity contribution in [2.45, 2.75) is 33.6 Å². The van der Waals surface area contributed by atoms with Gasteiger partial charge in [-0.2, -0.15) is 0 Å². The van der Waals surface area contributed by atoms with Crippen LogP contribution in [-0.2, 0) is 13.9 Å². The molecule has 0 aromatic carbocycles. The van der Waals surface area contributed by atoms with E-state index in [1.54, 1.807) is 0 Å². The van der Waals surface area contributed by atoms with E-state index in [0.29, 0.717) is 12.8 Å². The monoisotopic (exact) mass is 222 g/mol. The van der Waals surface area contributed by atoms with Crippen LogP contribution in [0.15, 0.2) is 11.1 Å². The molecule has 0 heterocycles. The SMILES string of the molecule is CCC(CC)=C(C)C(=O)OP(=O)(O)O. The molecule has 0 fully saturated rings. The van der Waals surface area contributed by atoms with E-state index in [-0.39, 0.29) is 5.57 Å². The number of phosphoric acid groups is 1. The maximum absolute atomic E-state index is 11.1. The molecule has 5 nitrogen and oxygen atoms in total. The van der Waals surface area contributed by atoms with Crippen molar-refractivity contribution in [1.82, 2.24) is 0 Å². The lowest BCUT2D eigenvalue weighted by Crippen LogP contribution is -2.06. The van der Waals surface area contributed by atoms with E-state index in [1.807, 2.05) is 13.8 Å². The molecule has 0 aromatic heterocycles. The van der Waals surface area contributed by atoms with E-state index >= 15 is 0 Å². The molecule has 0 aliphatic rings. The third-order valence-corrected chi connectivity index (χ3v) is 2.30. The van der Waals surface area contributed by atoms with Crippen molar-refractivity contribution in [2.24, 2.45) is 0 Å². The lowest BCUT2D eigenvalue weighted by Gasteiger charge is -2.08. The summed E-state index contributed by atoms with van der Waals surface area (Å²) in [4.78, 5) is 28.0. The molecule has 0 saturated carbocycles. The van der Waals surface area contributed by atoms with E-state index in [9.17, 15) is 9.36 Å². The van der Waals surface area contributed by atoms with Crippen LogP contribution in [0.5, 0.6) is 0 Å². The van der Waals surface area contributed by atoms with Gasteiger partial charge in [-0.05, 0) is 19.8 Å². The van der Waals surface area contributed by atoms with Gasteiger partial charge in [0, 0.05) is 5.57 Å². The maximum atomic E-state index is 11.1. The quantitative estimate of drug-likeness (QED) is 0.559. The molecule has 0 aliphatic carbocycles. The Morgan fingerprint density at radius 3 is 2.00 bits per heavy atom. The van der Waals surface area contributed by atoms with Gasteiger partial charge in [-0.15, -0.1) is 0 Å². The van der Waals surface area contributed by atoms with Gasteiger partial charge >= 0.3 is 13.8 Å². The van der Waals surface area contributed by atoms with Crippen molar-refractivity contribution in [1.29, 1.82) is 0 Å². The third-order valence-electron chi connectivity index (χ3n) is 1.89. The second kappa shape index (κ2) is 5.29. The maximum Gasteiger partial charge on any atom is 0.527 e. The lowest BCUT2D eigenvalue weighted by atomic mass is 10.1. The summed E-state index contributed by atoms with van der Waals surface area (Å²) in [6, 6.07) is 0. The van der Waals surface area contributed by atoms with Gasteiger partial charge in [0.15, 0.2) is 0 Å². The number of rotatable bonds is 4. The van der Waals surface area contributed by atoms with Crippen LogP contribution in [0.2, 0.25) is 0 Å². The Morgan fingerprint density at radius 2 is 1.71 bits per heavy atom. The number of carbonyl (C=O) groups excluding carboxylic acids is 1. The molecular formula is C8H15O5P. The summed E-state index contributed by atoms with van der Waals surface area (Å²) in [5, 5.41) is 0. The smallest absolute Gasteiger partial charge is 0.367 e. The van der Waals surface area contributed by atoms with Crippen molar-refractivity contribution >= 4 is 13.8 Å². The third kappa shape index (κ3) is 4.56. The van der Waals surface area contributed by atoms with E-state index in [2.05, 4.69) is 4.52 Å². The molecule has 0 atom stereocenters. The highest BCUT2D eigenvalue weighted by atomic mass is 31.2. The number of hydrogen-bond donors (Lipinski definition) is 2. The number of hydrogen-bond acceptors (Lipinski definition) is 3. The molecule has 0 aliphatic heterocycles. The Hall–Kier alpha value is -0.640. The minimum Gasteiger partial charge on any atom is -0.367 e. The zero-order valence-corrected chi connectivity index (χ0v) is 9.38. The predicted molar refractivity (Wildman–Crippen MR) is 51.4 cm³/mol. The second-order valence-corrected chi connectivity index (χ2v) is 3.97. The molecular weight excluding hydrogens is 207 g/mol. The van der Waals surface area contributed by atoms with Crippen LogP contribution in [0.1, 0.15) is 33.6 Å². The summed E-state index contributed by atoms with van der Waals surface area (Å²) in [5.41, 5.74) is 1.11. The molecule has 0 bridgehead atoms. The first-order chi connectivity index (χ1) is 6.31. The first kappa shape index (κ1) is 13.4. The Morgan fingerprint density at radius 1 is 1.29 bits per heavy atom. The normalized spacial score (nSPS) is 10.9.